The van der Waals surface area contributed by atoms with E-state index in [0.717, 1.165) is 49.9 Å². The molecule has 3 saturated carbocycles. The highest BCUT2D eigenvalue weighted by Crippen LogP contribution is 2.58. The van der Waals surface area contributed by atoms with Crippen molar-refractivity contribution >= 4 is 0 Å². The van der Waals surface area contributed by atoms with E-state index in [-0.39, 0.29) is 11.5 Å². The smallest absolute Gasteiger partial charge is 0.0811 e. The van der Waals surface area contributed by atoms with Crippen LogP contribution in [0.25, 0.3) is 0 Å². The standard InChI is InChI=1S/C29H48O4/c1-6-29(32,7-2)16-9-17-33-21(4)25-13-14-26-22(10-8-15-28(25,26)5)11-12-23-18-24(30)19-27(31)20(23)3/h11-12,21,24-27,30-32H,3,6-10,13-19H2,1-2,4-5H3/b22-11+,23-12-. The molecule has 0 bridgehead atoms. The summed E-state index contributed by atoms with van der Waals surface area (Å²) in [6.45, 7) is 13.6. The molecule has 3 aliphatic rings. The van der Waals surface area contributed by atoms with Crippen LogP contribution >= 0.6 is 0 Å². The number of aliphatic hydroxyl groups is 3. The van der Waals surface area contributed by atoms with Gasteiger partial charge in [0.2, 0.25) is 0 Å². The molecule has 0 aromatic rings. The third-order valence-corrected chi connectivity index (χ3v) is 9.35. The molecule has 0 aromatic heterocycles. The van der Waals surface area contributed by atoms with Crippen molar-refractivity contribution < 1.29 is 20.1 Å². The van der Waals surface area contributed by atoms with Crippen LogP contribution in [0, 0.1) is 17.3 Å². The lowest BCUT2D eigenvalue weighted by Crippen LogP contribution is -2.39. The molecule has 6 unspecified atom stereocenters. The molecule has 188 valence electrons. The summed E-state index contributed by atoms with van der Waals surface area (Å²) < 4.78 is 6.34. The molecule has 3 rings (SSSR count). The van der Waals surface area contributed by atoms with Gasteiger partial charge in [-0.25, -0.2) is 0 Å². The Hall–Kier alpha value is -0.940. The minimum atomic E-state index is -0.630. The topological polar surface area (TPSA) is 69.9 Å². The van der Waals surface area contributed by atoms with Gasteiger partial charge in [-0.15, -0.1) is 0 Å². The summed E-state index contributed by atoms with van der Waals surface area (Å²) in [6.07, 6.45) is 13.8. The monoisotopic (exact) mass is 460 g/mol. The molecule has 4 nitrogen and oxygen atoms in total. The number of hydrogen-bond donors (Lipinski definition) is 3. The summed E-state index contributed by atoms with van der Waals surface area (Å²) in [5.41, 5.74) is 3.00. The molecule has 6 atom stereocenters. The van der Waals surface area contributed by atoms with E-state index in [0.29, 0.717) is 24.7 Å². The molecule has 0 spiro atoms. The van der Waals surface area contributed by atoms with Crippen molar-refractivity contribution in [2.45, 2.75) is 122 Å². The van der Waals surface area contributed by atoms with Crippen LogP contribution in [0.2, 0.25) is 0 Å². The Morgan fingerprint density at radius 2 is 1.94 bits per heavy atom. The first-order valence-electron chi connectivity index (χ1n) is 13.4. The van der Waals surface area contributed by atoms with E-state index >= 15 is 0 Å². The predicted octanol–water partition coefficient (Wildman–Crippen LogP) is 5.86. The Labute approximate surface area is 201 Å². The van der Waals surface area contributed by atoms with Gasteiger partial charge in [-0.1, -0.05) is 45.1 Å². The highest BCUT2D eigenvalue weighted by Gasteiger charge is 2.51. The fraction of sp³-hybridized carbons (Fsp3) is 0.793. The summed E-state index contributed by atoms with van der Waals surface area (Å²) in [4.78, 5) is 0. The van der Waals surface area contributed by atoms with Gasteiger partial charge in [0.05, 0.1) is 23.9 Å². The lowest BCUT2D eigenvalue weighted by Gasteiger charge is -2.44. The highest BCUT2D eigenvalue weighted by atomic mass is 16.5. The molecule has 3 aliphatic carbocycles. The summed E-state index contributed by atoms with van der Waals surface area (Å²) in [7, 11) is 0. The second-order valence-electron chi connectivity index (χ2n) is 11.3. The fourth-order valence-corrected chi connectivity index (χ4v) is 6.91. The average Bonchev–Trinajstić information content (AvgIpc) is 3.15. The minimum Gasteiger partial charge on any atom is -0.393 e. The highest BCUT2D eigenvalue weighted by molar-refractivity contribution is 5.38. The molecule has 0 amide bonds. The van der Waals surface area contributed by atoms with Gasteiger partial charge in [-0.05, 0) is 99.5 Å². The van der Waals surface area contributed by atoms with Gasteiger partial charge in [-0.3, -0.25) is 0 Å². The van der Waals surface area contributed by atoms with Gasteiger partial charge in [0.25, 0.3) is 0 Å². The van der Waals surface area contributed by atoms with Crippen LogP contribution in [0.15, 0.2) is 35.5 Å². The first-order valence-corrected chi connectivity index (χ1v) is 13.4. The van der Waals surface area contributed by atoms with E-state index in [4.69, 9.17) is 4.74 Å². The lowest BCUT2D eigenvalue weighted by atomic mass is 9.62. The first-order chi connectivity index (χ1) is 15.6. The Balaban J connectivity index is 1.62. The minimum absolute atomic E-state index is 0.234. The maximum absolute atomic E-state index is 10.5. The molecular formula is C29H48O4. The maximum Gasteiger partial charge on any atom is 0.0811 e. The van der Waals surface area contributed by atoms with Crippen LogP contribution in [0.5, 0.6) is 0 Å². The average molecular weight is 461 g/mol. The molecule has 3 fully saturated rings. The molecule has 4 heteroatoms. The third kappa shape index (κ3) is 6.01. The van der Waals surface area contributed by atoms with Crippen molar-refractivity contribution in [3.8, 4) is 0 Å². The van der Waals surface area contributed by atoms with Crippen LogP contribution in [0.3, 0.4) is 0 Å². The van der Waals surface area contributed by atoms with E-state index in [1.54, 1.807) is 0 Å². The number of fused-ring (bicyclic) bond motifs is 1. The van der Waals surface area contributed by atoms with Crippen molar-refractivity contribution in [1.29, 1.82) is 0 Å². The summed E-state index contributed by atoms with van der Waals surface area (Å²) in [5.74, 6) is 1.14. The normalized spacial score (nSPS) is 36.4. The summed E-state index contributed by atoms with van der Waals surface area (Å²) in [5, 5.41) is 30.7. The van der Waals surface area contributed by atoms with Gasteiger partial charge in [0.1, 0.15) is 0 Å². The van der Waals surface area contributed by atoms with Crippen LogP contribution in [0.4, 0.5) is 0 Å². The number of allylic oxidation sites excluding steroid dienone is 3. The van der Waals surface area contributed by atoms with Crippen molar-refractivity contribution in [2.24, 2.45) is 17.3 Å². The molecule has 3 N–H and O–H groups in total. The van der Waals surface area contributed by atoms with Gasteiger partial charge in [-0.2, -0.15) is 0 Å². The van der Waals surface area contributed by atoms with Crippen molar-refractivity contribution in [2.75, 3.05) is 6.61 Å². The number of aliphatic hydroxyl groups excluding tert-OH is 2. The Bertz CT molecular complexity index is 734. The lowest BCUT2D eigenvalue weighted by molar-refractivity contribution is -0.0365. The zero-order valence-corrected chi connectivity index (χ0v) is 21.5. The van der Waals surface area contributed by atoms with Crippen LogP contribution in [-0.4, -0.2) is 45.8 Å². The maximum atomic E-state index is 10.5. The van der Waals surface area contributed by atoms with E-state index in [1.165, 1.54) is 31.3 Å². The van der Waals surface area contributed by atoms with Gasteiger partial charge >= 0.3 is 0 Å². The summed E-state index contributed by atoms with van der Waals surface area (Å²) in [6, 6.07) is 0. The number of hydrogen-bond acceptors (Lipinski definition) is 4. The molecule has 0 aromatic carbocycles. The molecule has 0 aliphatic heterocycles. The molecule has 0 saturated heterocycles. The summed E-state index contributed by atoms with van der Waals surface area (Å²) >= 11 is 0. The SMILES string of the molecule is C=C1/C(=C\C=C2/CCCC3(C)C2CCC3C(C)OCCCC(O)(CC)CC)CC(O)CC1O. The Morgan fingerprint density at radius 3 is 2.64 bits per heavy atom. The Kier molecular flexibility index (Phi) is 9.05. The van der Waals surface area contributed by atoms with E-state index < -0.39 is 17.8 Å². The third-order valence-electron chi connectivity index (χ3n) is 9.35. The Morgan fingerprint density at radius 1 is 1.21 bits per heavy atom. The zero-order valence-electron chi connectivity index (χ0n) is 21.5. The molecular weight excluding hydrogens is 412 g/mol. The van der Waals surface area contributed by atoms with Crippen LogP contribution < -0.4 is 0 Å². The first kappa shape index (κ1) is 26.7. The number of ether oxygens (including phenoxy) is 1. The van der Waals surface area contributed by atoms with Gasteiger partial charge in [0, 0.05) is 13.0 Å². The van der Waals surface area contributed by atoms with Crippen LogP contribution in [-0.2, 0) is 4.74 Å². The number of rotatable bonds is 9. The van der Waals surface area contributed by atoms with E-state index in [2.05, 4.69) is 46.4 Å². The van der Waals surface area contributed by atoms with E-state index in [1.807, 2.05) is 0 Å². The second kappa shape index (κ2) is 11.2. The van der Waals surface area contributed by atoms with Gasteiger partial charge < -0.3 is 20.1 Å². The fourth-order valence-electron chi connectivity index (χ4n) is 6.91. The quantitative estimate of drug-likeness (QED) is 0.377. The van der Waals surface area contributed by atoms with Crippen molar-refractivity contribution in [1.82, 2.24) is 0 Å². The van der Waals surface area contributed by atoms with Crippen molar-refractivity contribution in [3.05, 3.63) is 35.5 Å². The predicted molar refractivity (Wildman–Crippen MR) is 135 cm³/mol. The van der Waals surface area contributed by atoms with Crippen molar-refractivity contribution in [3.63, 3.8) is 0 Å². The second-order valence-corrected chi connectivity index (χ2v) is 11.3. The zero-order chi connectivity index (χ0) is 24.2. The molecule has 0 radical (unpaired) electrons. The molecule has 33 heavy (non-hydrogen) atoms. The molecule has 0 heterocycles. The van der Waals surface area contributed by atoms with Crippen LogP contribution in [0.1, 0.15) is 98.3 Å². The van der Waals surface area contributed by atoms with E-state index in [9.17, 15) is 15.3 Å². The largest absolute Gasteiger partial charge is 0.393 e. The van der Waals surface area contributed by atoms with Gasteiger partial charge in [0.15, 0.2) is 0 Å².